The minimum Gasteiger partial charge on any atom is -0.482 e. The molecule has 0 saturated heterocycles. The standard InChI is InChI=1S/C6H6N2O4S/c1-12-6-3(8(10)11)2-4(13-6)5(7)9/h2H,1H3,(H2,7,9). The second-order valence-electron chi connectivity index (χ2n) is 2.11. The highest BCUT2D eigenvalue weighted by molar-refractivity contribution is 7.16. The number of hydrogen-bond acceptors (Lipinski definition) is 5. The lowest BCUT2D eigenvalue weighted by atomic mass is 10.4. The van der Waals surface area contributed by atoms with Crippen molar-refractivity contribution >= 4 is 22.9 Å². The molecular formula is C6H6N2O4S. The van der Waals surface area contributed by atoms with E-state index in [2.05, 4.69) is 0 Å². The maximum absolute atomic E-state index is 10.7. The molecule has 1 heterocycles. The zero-order valence-corrected chi connectivity index (χ0v) is 7.46. The van der Waals surface area contributed by atoms with Crippen molar-refractivity contribution in [3.63, 3.8) is 0 Å². The first-order valence-electron chi connectivity index (χ1n) is 3.18. The summed E-state index contributed by atoms with van der Waals surface area (Å²) in [7, 11) is 1.30. The molecule has 0 radical (unpaired) electrons. The average Bonchev–Trinajstić information content (AvgIpc) is 2.47. The maximum Gasteiger partial charge on any atom is 0.323 e. The van der Waals surface area contributed by atoms with Gasteiger partial charge in [0.15, 0.2) is 0 Å². The van der Waals surface area contributed by atoms with Crippen molar-refractivity contribution in [1.29, 1.82) is 0 Å². The van der Waals surface area contributed by atoms with Gasteiger partial charge in [0.2, 0.25) is 0 Å². The minimum absolute atomic E-state index is 0.0822. The number of thiophene rings is 1. The quantitative estimate of drug-likeness (QED) is 0.578. The predicted molar refractivity (Wildman–Crippen MR) is 46.0 cm³/mol. The Morgan fingerprint density at radius 2 is 2.38 bits per heavy atom. The number of carbonyl (C=O) groups is 1. The molecule has 13 heavy (non-hydrogen) atoms. The Labute approximate surface area is 77.1 Å². The van der Waals surface area contributed by atoms with Gasteiger partial charge in [-0.25, -0.2) is 0 Å². The number of nitrogens with zero attached hydrogens (tertiary/aromatic N) is 1. The summed E-state index contributed by atoms with van der Waals surface area (Å²) in [5.41, 5.74) is 4.71. The van der Waals surface area contributed by atoms with Crippen LogP contribution in [0.1, 0.15) is 9.67 Å². The Kier molecular flexibility index (Phi) is 2.47. The molecule has 2 N–H and O–H groups in total. The predicted octanol–water partition coefficient (Wildman–Crippen LogP) is 0.764. The lowest BCUT2D eigenvalue weighted by Crippen LogP contribution is -2.08. The summed E-state index contributed by atoms with van der Waals surface area (Å²) in [5, 5.41) is 10.5. The van der Waals surface area contributed by atoms with Crippen LogP contribution < -0.4 is 10.5 Å². The van der Waals surface area contributed by atoms with E-state index in [0.717, 1.165) is 17.4 Å². The van der Waals surface area contributed by atoms with Crippen molar-refractivity contribution < 1.29 is 14.5 Å². The first-order valence-corrected chi connectivity index (χ1v) is 4.00. The largest absolute Gasteiger partial charge is 0.482 e. The van der Waals surface area contributed by atoms with E-state index in [0.29, 0.717) is 0 Å². The zero-order chi connectivity index (χ0) is 10.0. The highest BCUT2D eigenvalue weighted by atomic mass is 32.1. The van der Waals surface area contributed by atoms with Crippen LogP contribution in [0.4, 0.5) is 5.69 Å². The number of amides is 1. The summed E-state index contributed by atoms with van der Waals surface area (Å²) < 4.78 is 4.71. The molecule has 1 rings (SSSR count). The Bertz CT molecular complexity index is 360. The molecule has 0 fully saturated rings. The summed E-state index contributed by atoms with van der Waals surface area (Å²) in [5.74, 6) is -0.698. The van der Waals surface area contributed by atoms with Gasteiger partial charge < -0.3 is 10.5 Å². The lowest BCUT2D eigenvalue weighted by molar-refractivity contribution is -0.385. The van der Waals surface area contributed by atoms with Gasteiger partial charge in [0.1, 0.15) is 4.88 Å². The van der Waals surface area contributed by atoms with Gasteiger partial charge in [0.05, 0.1) is 12.0 Å². The molecule has 1 aromatic heterocycles. The molecule has 0 spiro atoms. The monoisotopic (exact) mass is 202 g/mol. The van der Waals surface area contributed by atoms with Gasteiger partial charge in [0.25, 0.3) is 11.0 Å². The van der Waals surface area contributed by atoms with Crippen molar-refractivity contribution in [3.05, 3.63) is 21.1 Å². The highest BCUT2D eigenvalue weighted by Crippen LogP contribution is 2.36. The lowest BCUT2D eigenvalue weighted by Gasteiger charge is -1.91. The Hall–Kier alpha value is -1.63. The van der Waals surface area contributed by atoms with Crippen LogP contribution in [0.5, 0.6) is 5.06 Å². The molecular weight excluding hydrogens is 196 g/mol. The number of carbonyl (C=O) groups excluding carboxylic acids is 1. The van der Waals surface area contributed by atoms with Gasteiger partial charge in [-0.05, 0) is 0 Å². The Morgan fingerprint density at radius 3 is 2.69 bits per heavy atom. The van der Waals surface area contributed by atoms with E-state index in [4.69, 9.17) is 10.5 Å². The van der Waals surface area contributed by atoms with E-state index in [9.17, 15) is 14.9 Å². The van der Waals surface area contributed by atoms with Crippen LogP contribution in [0, 0.1) is 10.1 Å². The molecule has 1 amide bonds. The van der Waals surface area contributed by atoms with Crippen molar-refractivity contribution in [2.45, 2.75) is 0 Å². The molecule has 0 bridgehead atoms. The third kappa shape index (κ3) is 1.75. The summed E-state index contributed by atoms with van der Waals surface area (Å²) in [6.07, 6.45) is 0. The normalized spacial score (nSPS) is 9.62. The molecule has 0 aromatic carbocycles. The summed E-state index contributed by atoms with van der Waals surface area (Å²) in [6, 6.07) is 1.10. The molecule has 0 atom stereocenters. The van der Waals surface area contributed by atoms with Gasteiger partial charge >= 0.3 is 5.69 Å². The van der Waals surface area contributed by atoms with E-state index in [1.165, 1.54) is 7.11 Å². The van der Waals surface area contributed by atoms with E-state index >= 15 is 0 Å². The highest BCUT2D eigenvalue weighted by Gasteiger charge is 2.21. The number of rotatable bonds is 3. The van der Waals surface area contributed by atoms with E-state index in [1.807, 2.05) is 0 Å². The summed E-state index contributed by atoms with van der Waals surface area (Å²) in [4.78, 5) is 20.5. The molecule has 0 saturated carbocycles. The smallest absolute Gasteiger partial charge is 0.323 e. The van der Waals surface area contributed by atoms with Crippen LogP contribution in [0.2, 0.25) is 0 Å². The molecule has 0 aliphatic carbocycles. The molecule has 0 aliphatic heterocycles. The Balaban J connectivity index is 3.19. The van der Waals surface area contributed by atoms with Gasteiger partial charge in [-0.1, -0.05) is 11.3 Å². The van der Waals surface area contributed by atoms with Gasteiger partial charge in [-0.2, -0.15) is 0 Å². The van der Waals surface area contributed by atoms with Gasteiger partial charge in [-0.15, -0.1) is 0 Å². The van der Waals surface area contributed by atoms with Crippen LogP contribution in [0.3, 0.4) is 0 Å². The van der Waals surface area contributed by atoms with E-state index in [1.54, 1.807) is 0 Å². The first kappa shape index (κ1) is 9.46. The second-order valence-corrected chi connectivity index (χ2v) is 3.12. The van der Waals surface area contributed by atoms with Crippen molar-refractivity contribution in [3.8, 4) is 5.06 Å². The first-order chi connectivity index (χ1) is 6.06. The van der Waals surface area contributed by atoms with Crippen molar-refractivity contribution in [2.75, 3.05) is 7.11 Å². The number of hydrogen-bond donors (Lipinski definition) is 1. The van der Waals surface area contributed by atoms with Crippen molar-refractivity contribution in [1.82, 2.24) is 0 Å². The molecule has 0 aliphatic rings. The third-order valence-corrected chi connectivity index (χ3v) is 2.40. The average molecular weight is 202 g/mol. The Morgan fingerprint density at radius 1 is 1.77 bits per heavy atom. The van der Waals surface area contributed by atoms with E-state index < -0.39 is 10.8 Å². The van der Waals surface area contributed by atoms with Crippen LogP contribution >= 0.6 is 11.3 Å². The van der Waals surface area contributed by atoms with Crippen LogP contribution in [-0.4, -0.2) is 17.9 Å². The number of ether oxygens (including phenoxy) is 1. The van der Waals surface area contributed by atoms with E-state index in [-0.39, 0.29) is 15.6 Å². The number of nitro groups is 1. The second kappa shape index (κ2) is 3.40. The molecule has 7 heteroatoms. The third-order valence-electron chi connectivity index (χ3n) is 1.30. The number of nitrogens with two attached hydrogens (primary N) is 1. The summed E-state index contributed by atoms with van der Waals surface area (Å²) in [6.45, 7) is 0. The van der Waals surface area contributed by atoms with Crippen LogP contribution in [-0.2, 0) is 0 Å². The topological polar surface area (TPSA) is 95.5 Å². The zero-order valence-electron chi connectivity index (χ0n) is 6.64. The summed E-state index contributed by atoms with van der Waals surface area (Å²) >= 11 is 0.857. The SMILES string of the molecule is COc1sc(C(N)=O)cc1[N+](=O)[O-]. The van der Waals surface area contributed by atoms with Crippen molar-refractivity contribution in [2.24, 2.45) is 5.73 Å². The fraction of sp³-hybridized carbons (Fsp3) is 0.167. The van der Waals surface area contributed by atoms with Crippen LogP contribution in [0.25, 0.3) is 0 Å². The molecule has 0 unspecified atom stereocenters. The number of methoxy groups -OCH3 is 1. The molecule has 70 valence electrons. The van der Waals surface area contributed by atoms with Crippen LogP contribution in [0.15, 0.2) is 6.07 Å². The van der Waals surface area contributed by atoms with Gasteiger partial charge in [-0.3, -0.25) is 14.9 Å². The minimum atomic E-state index is -0.698. The molecule has 1 aromatic rings. The van der Waals surface area contributed by atoms with Gasteiger partial charge in [0, 0.05) is 6.07 Å². The fourth-order valence-electron chi connectivity index (χ4n) is 0.760. The maximum atomic E-state index is 10.7. The fourth-order valence-corrected chi connectivity index (χ4v) is 1.55. The number of primary amides is 1. The molecule has 6 nitrogen and oxygen atoms in total.